The number of carbonyl (C=O) groups is 1. The first-order valence-electron chi connectivity index (χ1n) is 6.36. The zero-order chi connectivity index (χ0) is 16.1. The second kappa shape index (κ2) is 7.29. The molecule has 2 rings (SSSR count). The van der Waals surface area contributed by atoms with Crippen molar-refractivity contribution in [2.24, 2.45) is 0 Å². The number of ether oxygens (including phenoxy) is 2. The van der Waals surface area contributed by atoms with Crippen molar-refractivity contribution < 1.29 is 14.3 Å². The molecular weight excluding hydrogens is 324 g/mol. The lowest BCUT2D eigenvalue weighted by molar-refractivity contribution is 0.0967. The summed E-state index contributed by atoms with van der Waals surface area (Å²) in [6.07, 6.45) is 5.21. The molecule has 1 aromatic carbocycles. The van der Waals surface area contributed by atoms with Gasteiger partial charge in [-0.15, -0.1) is 11.3 Å². The SMILES string of the molecule is CNC(=O)c1cnc(/C=C/c2cc(Cl)c(OC)c(OC)c2)s1. The molecule has 1 amide bonds. The Kier molecular flexibility index (Phi) is 5.41. The third kappa shape index (κ3) is 3.58. The average Bonchev–Trinajstić information content (AvgIpc) is 3.00. The van der Waals surface area contributed by atoms with Gasteiger partial charge in [0, 0.05) is 7.05 Å². The maximum absolute atomic E-state index is 11.5. The molecule has 1 heterocycles. The number of aromatic nitrogens is 1. The highest BCUT2D eigenvalue weighted by atomic mass is 35.5. The number of rotatable bonds is 5. The highest BCUT2D eigenvalue weighted by Gasteiger charge is 2.10. The highest BCUT2D eigenvalue weighted by Crippen LogP contribution is 2.36. The van der Waals surface area contributed by atoms with E-state index in [-0.39, 0.29) is 5.91 Å². The number of hydrogen-bond donors (Lipinski definition) is 1. The minimum atomic E-state index is -0.147. The van der Waals surface area contributed by atoms with E-state index in [1.54, 1.807) is 26.4 Å². The van der Waals surface area contributed by atoms with Gasteiger partial charge in [0.1, 0.15) is 9.88 Å². The Bertz CT molecular complexity index is 713. The van der Waals surface area contributed by atoms with E-state index in [1.165, 1.54) is 18.4 Å². The van der Waals surface area contributed by atoms with Crippen LogP contribution in [0.3, 0.4) is 0 Å². The van der Waals surface area contributed by atoms with Crippen molar-refractivity contribution in [3.63, 3.8) is 0 Å². The van der Waals surface area contributed by atoms with Gasteiger partial charge in [0.25, 0.3) is 5.91 Å². The molecule has 0 aliphatic carbocycles. The summed E-state index contributed by atoms with van der Waals surface area (Å²) >= 11 is 7.46. The van der Waals surface area contributed by atoms with Crippen LogP contribution in [-0.4, -0.2) is 32.2 Å². The van der Waals surface area contributed by atoms with E-state index < -0.39 is 0 Å². The van der Waals surface area contributed by atoms with Gasteiger partial charge >= 0.3 is 0 Å². The first-order valence-corrected chi connectivity index (χ1v) is 7.56. The molecule has 5 nitrogen and oxygen atoms in total. The topological polar surface area (TPSA) is 60.5 Å². The second-order valence-corrected chi connectivity index (χ2v) is 5.68. The maximum Gasteiger partial charge on any atom is 0.262 e. The third-order valence-corrected chi connectivity index (χ3v) is 4.09. The molecular formula is C15H15ClN2O3S. The van der Waals surface area contributed by atoms with E-state index in [4.69, 9.17) is 21.1 Å². The molecule has 0 radical (unpaired) electrons. The van der Waals surface area contributed by atoms with Gasteiger partial charge in [0.2, 0.25) is 0 Å². The van der Waals surface area contributed by atoms with Crippen molar-refractivity contribution in [3.8, 4) is 11.5 Å². The second-order valence-electron chi connectivity index (χ2n) is 4.21. The van der Waals surface area contributed by atoms with Gasteiger partial charge in [-0.2, -0.15) is 0 Å². The molecule has 116 valence electrons. The summed E-state index contributed by atoms with van der Waals surface area (Å²) in [4.78, 5) is 16.2. The summed E-state index contributed by atoms with van der Waals surface area (Å²) in [5.74, 6) is 0.906. The van der Waals surface area contributed by atoms with E-state index in [0.29, 0.717) is 21.4 Å². The van der Waals surface area contributed by atoms with Crippen LogP contribution < -0.4 is 14.8 Å². The molecule has 0 fully saturated rings. The molecule has 0 unspecified atom stereocenters. The van der Waals surface area contributed by atoms with E-state index in [2.05, 4.69) is 10.3 Å². The van der Waals surface area contributed by atoms with E-state index in [0.717, 1.165) is 10.6 Å². The van der Waals surface area contributed by atoms with E-state index in [9.17, 15) is 4.79 Å². The molecule has 7 heteroatoms. The number of hydrogen-bond acceptors (Lipinski definition) is 5. The Labute approximate surface area is 137 Å². The molecule has 0 atom stereocenters. The monoisotopic (exact) mass is 338 g/mol. The number of amides is 1. The number of carbonyl (C=O) groups excluding carboxylic acids is 1. The lowest BCUT2D eigenvalue weighted by atomic mass is 10.2. The molecule has 1 aromatic heterocycles. The summed E-state index contributed by atoms with van der Waals surface area (Å²) < 4.78 is 10.4. The third-order valence-electron chi connectivity index (χ3n) is 2.85. The Hall–Kier alpha value is -2.05. The van der Waals surface area contributed by atoms with Crippen molar-refractivity contribution in [1.82, 2.24) is 10.3 Å². The molecule has 0 saturated carbocycles. The van der Waals surface area contributed by atoms with Gasteiger partial charge in [-0.05, 0) is 23.8 Å². The minimum Gasteiger partial charge on any atom is -0.493 e. The van der Waals surface area contributed by atoms with E-state index >= 15 is 0 Å². The predicted octanol–water partition coefficient (Wildman–Crippen LogP) is 3.34. The number of thiazole rings is 1. The number of methoxy groups -OCH3 is 2. The summed E-state index contributed by atoms with van der Waals surface area (Å²) in [5, 5.41) is 3.75. The van der Waals surface area contributed by atoms with Crippen molar-refractivity contribution in [2.45, 2.75) is 0 Å². The van der Waals surface area contributed by atoms with Crippen molar-refractivity contribution in [3.05, 3.63) is 38.8 Å². The molecule has 0 spiro atoms. The zero-order valence-corrected chi connectivity index (χ0v) is 13.9. The lowest BCUT2D eigenvalue weighted by Gasteiger charge is -2.10. The predicted molar refractivity (Wildman–Crippen MR) is 89.0 cm³/mol. The molecule has 0 aliphatic rings. The van der Waals surface area contributed by atoms with Crippen LogP contribution in [0.15, 0.2) is 18.3 Å². The van der Waals surface area contributed by atoms with Crippen LogP contribution in [-0.2, 0) is 0 Å². The van der Waals surface area contributed by atoms with Gasteiger partial charge in [-0.25, -0.2) is 4.98 Å². The van der Waals surface area contributed by atoms with Crippen LogP contribution >= 0.6 is 22.9 Å². The van der Waals surface area contributed by atoms with Crippen LogP contribution in [0.1, 0.15) is 20.2 Å². The number of halogens is 1. The van der Waals surface area contributed by atoms with Crippen molar-refractivity contribution in [2.75, 3.05) is 21.3 Å². The molecule has 22 heavy (non-hydrogen) atoms. The standard InChI is InChI=1S/C15H15ClN2O3S/c1-17-15(19)12-8-18-13(22-12)5-4-9-6-10(16)14(21-3)11(7-9)20-2/h4-8H,1-3H3,(H,17,19)/b5-4+. The average molecular weight is 339 g/mol. The summed E-state index contributed by atoms with van der Waals surface area (Å²) in [7, 11) is 4.68. The summed E-state index contributed by atoms with van der Waals surface area (Å²) in [5.41, 5.74) is 0.847. The summed E-state index contributed by atoms with van der Waals surface area (Å²) in [6, 6.07) is 3.58. The van der Waals surface area contributed by atoms with Gasteiger partial charge in [-0.3, -0.25) is 4.79 Å². The van der Waals surface area contributed by atoms with Crippen LogP contribution in [0.25, 0.3) is 12.2 Å². The Morgan fingerprint density at radius 1 is 1.32 bits per heavy atom. The van der Waals surface area contributed by atoms with Gasteiger partial charge in [0.15, 0.2) is 11.5 Å². The van der Waals surface area contributed by atoms with Crippen molar-refractivity contribution >= 4 is 41.0 Å². The smallest absolute Gasteiger partial charge is 0.262 e. The molecule has 0 aliphatic heterocycles. The fraction of sp³-hybridized carbons (Fsp3) is 0.200. The van der Waals surface area contributed by atoms with Crippen LogP contribution in [0.4, 0.5) is 0 Å². The maximum atomic E-state index is 11.5. The van der Waals surface area contributed by atoms with Gasteiger partial charge in [-0.1, -0.05) is 17.7 Å². The Morgan fingerprint density at radius 3 is 2.73 bits per heavy atom. The number of nitrogens with zero attached hydrogens (tertiary/aromatic N) is 1. The zero-order valence-electron chi connectivity index (χ0n) is 12.3. The molecule has 2 aromatic rings. The van der Waals surface area contributed by atoms with Crippen LogP contribution in [0.2, 0.25) is 5.02 Å². The number of nitrogens with one attached hydrogen (secondary N) is 1. The quantitative estimate of drug-likeness (QED) is 0.908. The molecule has 1 N–H and O–H groups in total. The normalized spacial score (nSPS) is 10.7. The molecule has 0 saturated heterocycles. The Balaban J connectivity index is 2.25. The van der Waals surface area contributed by atoms with Crippen molar-refractivity contribution in [1.29, 1.82) is 0 Å². The van der Waals surface area contributed by atoms with Crippen LogP contribution in [0.5, 0.6) is 11.5 Å². The lowest BCUT2D eigenvalue weighted by Crippen LogP contribution is -2.16. The fourth-order valence-corrected chi connectivity index (χ4v) is 2.86. The van der Waals surface area contributed by atoms with Crippen LogP contribution in [0, 0.1) is 0 Å². The van der Waals surface area contributed by atoms with Gasteiger partial charge < -0.3 is 14.8 Å². The largest absolute Gasteiger partial charge is 0.493 e. The first kappa shape index (κ1) is 16.3. The first-order chi connectivity index (χ1) is 10.6. The van der Waals surface area contributed by atoms with E-state index in [1.807, 2.05) is 18.2 Å². The molecule has 0 bridgehead atoms. The summed E-state index contributed by atoms with van der Waals surface area (Å²) in [6.45, 7) is 0. The highest BCUT2D eigenvalue weighted by molar-refractivity contribution is 7.14. The van der Waals surface area contributed by atoms with Gasteiger partial charge in [0.05, 0.1) is 25.4 Å². The minimum absolute atomic E-state index is 0.147. The Morgan fingerprint density at radius 2 is 2.09 bits per heavy atom. The number of benzene rings is 1. The fourth-order valence-electron chi connectivity index (χ4n) is 1.79.